The average molecular weight is 385 g/mol. The number of nitrogens with one attached hydrogen (secondary N) is 1. The number of hydrogen-bond acceptors (Lipinski definition) is 5. The summed E-state index contributed by atoms with van der Waals surface area (Å²) >= 11 is 6.02. The molecule has 138 valence electrons. The highest BCUT2D eigenvalue weighted by atomic mass is 35.5. The van der Waals surface area contributed by atoms with Crippen molar-refractivity contribution in [2.45, 2.75) is 13.5 Å². The summed E-state index contributed by atoms with van der Waals surface area (Å²) in [5.74, 6) is -1.06. The minimum absolute atomic E-state index is 0.0555. The molecule has 6 nitrogen and oxygen atoms in total. The lowest BCUT2D eigenvalue weighted by atomic mass is 10.1. The first-order valence-corrected chi connectivity index (χ1v) is 7.66. The SMILES string of the molecule is COc1cc(/C(C)=N\Nc2cc(C(=O)O)ccc2Cl)ccc1OC(F)F. The molecule has 0 fully saturated rings. The van der Waals surface area contributed by atoms with Crippen LogP contribution in [0.2, 0.25) is 5.02 Å². The summed E-state index contributed by atoms with van der Waals surface area (Å²) in [7, 11) is 1.33. The molecule has 0 heterocycles. The van der Waals surface area contributed by atoms with Crippen LogP contribution in [0, 0.1) is 0 Å². The van der Waals surface area contributed by atoms with Gasteiger partial charge < -0.3 is 14.6 Å². The maximum atomic E-state index is 12.4. The van der Waals surface area contributed by atoms with E-state index in [4.69, 9.17) is 21.4 Å². The lowest BCUT2D eigenvalue weighted by Gasteiger charge is -2.11. The third-order valence-corrected chi connectivity index (χ3v) is 3.68. The molecule has 0 aliphatic rings. The molecule has 0 aliphatic heterocycles. The third kappa shape index (κ3) is 4.82. The van der Waals surface area contributed by atoms with Crippen LogP contribution >= 0.6 is 11.6 Å². The largest absolute Gasteiger partial charge is 0.493 e. The molecular weight excluding hydrogens is 370 g/mol. The lowest BCUT2D eigenvalue weighted by molar-refractivity contribution is -0.0512. The fourth-order valence-corrected chi connectivity index (χ4v) is 2.20. The van der Waals surface area contributed by atoms with E-state index in [0.717, 1.165) is 0 Å². The van der Waals surface area contributed by atoms with Gasteiger partial charge in [-0.05, 0) is 43.3 Å². The van der Waals surface area contributed by atoms with Crippen molar-refractivity contribution in [3.63, 3.8) is 0 Å². The Labute approximate surface area is 153 Å². The average Bonchev–Trinajstić information content (AvgIpc) is 2.60. The molecule has 9 heteroatoms. The first-order chi connectivity index (χ1) is 12.3. The highest BCUT2D eigenvalue weighted by molar-refractivity contribution is 6.33. The molecule has 2 aromatic rings. The minimum Gasteiger partial charge on any atom is -0.493 e. The number of ether oxygens (including phenoxy) is 2. The van der Waals surface area contributed by atoms with Crippen LogP contribution in [0.4, 0.5) is 14.5 Å². The number of methoxy groups -OCH3 is 1. The van der Waals surface area contributed by atoms with E-state index >= 15 is 0 Å². The second-order valence-corrected chi connectivity index (χ2v) is 5.46. The van der Waals surface area contributed by atoms with Gasteiger partial charge in [-0.15, -0.1) is 0 Å². The van der Waals surface area contributed by atoms with Gasteiger partial charge in [0.25, 0.3) is 0 Å². The molecule has 0 bridgehead atoms. The molecule has 0 spiro atoms. The van der Waals surface area contributed by atoms with E-state index in [0.29, 0.717) is 22.0 Å². The van der Waals surface area contributed by atoms with Crippen LogP contribution in [0.15, 0.2) is 41.5 Å². The van der Waals surface area contributed by atoms with E-state index in [1.807, 2.05) is 0 Å². The zero-order valence-electron chi connectivity index (χ0n) is 13.8. The highest BCUT2D eigenvalue weighted by Crippen LogP contribution is 2.30. The molecule has 0 saturated carbocycles. The first kappa shape index (κ1) is 19.5. The third-order valence-electron chi connectivity index (χ3n) is 3.35. The Kier molecular flexibility index (Phi) is 6.35. The highest BCUT2D eigenvalue weighted by Gasteiger charge is 2.12. The Hall–Kier alpha value is -2.87. The molecular formula is C17H15ClF2N2O4. The molecule has 0 aliphatic carbocycles. The van der Waals surface area contributed by atoms with Crippen molar-refractivity contribution in [2.24, 2.45) is 5.10 Å². The summed E-state index contributed by atoms with van der Waals surface area (Å²) in [6, 6.07) is 8.54. The Morgan fingerprint density at radius 1 is 1.19 bits per heavy atom. The molecule has 0 unspecified atom stereocenters. The van der Waals surface area contributed by atoms with Crippen LogP contribution < -0.4 is 14.9 Å². The van der Waals surface area contributed by atoms with Crippen molar-refractivity contribution >= 4 is 29.0 Å². The number of benzene rings is 2. The van der Waals surface area contributed by atoms with Gasteiger partial charge in [-0.1, -0.05) is 11.6 Å². The topological polar surface area (TPSA) is 80.2 Å². The molecule has 2 N–H and O–H groups in total. The molecule has 0 atom stereocenters. The Balaban J connectivity index is 2.24. The van der Waals surface area contributed by atoms with E-state index in [1.54, 1.807) is 6.92 Å². The smallest absolute Gasteiger partial charge is 0.387 e. The van der Waals surface area contributed by atoms with Crippen molar-refractivity contribution in [3.8, 4) is 11.5 Å². The van der Waals surface area contributed by atoms with E-state index < -0.39 is 12.6 Å². The van der Waals surface area contributed by atoms with Crippen molar-refractivity contribution in [1.29, 1.82) is 0 Å². The molecule has 2 rings (SSSR count). The number of carboxylic acid groups (broad SMARTS) is 1. The zero-order chi connectivity index (χ0) is 19.3. The number of anilines is 1. The Morgan fingerprint density at radius 3 is 2.50 bits per heavy atom. The quantitative estimate of drug-likeness (QED) is 0.543. The number of hydrogen-bond donors (Lipinski definition) is 2. The van der Waals surface area contributed by atoms with Crippen LogP contribution in [0.3, 0.4) is 0 Å². The minimum atomic E-state index is -2.96. The predicted molar refractivity (Wildman–Crippen MR) is 93.9 cm³/mol. The molecule has 0 saturated heterocycles. The first-order valence-electron chi connectivity index (χ1n) is 7.28. The van der Waals surface area contributed by atoms with Crippen molar-refractivity contribution in [3.05, 3.63) is 52.5 Å². The second-order valence-electron chi connectivity index (χ2n) is 5.05. The van der Waals surface area contributed by atoms with Crippen LogP contribution in [0.1, 0.15) is 22.8 Å². The van der Waals surface area contributed by atoms with Gasteiger partial charge in [-0.2, -0.15) is 13.9 Å². The summed E-state index contributed by atoms with van der Waals surface area (Å²) in [5, 5.41) is 13.4. The van der Waals surface area contributed by atoms with Gasteiger partial charge in [0.2, 0.25) is 0 Å². The second kappa shape index (κ2) is 8.48. The van der Waals surface area contributed by atoms with E-state index in [2.05, 4.69) is 15.3 Å². The van der Waals surface area contributed by atoms with E-state index in [9.17, 15) is 13.6 Å². The number of nitrogens with zero attached hydrogens (tertiary/aromatic N) is 1. The number of carbonyl (C=O) groups is 1. The fraction of sp³-hybridized carbons (Fsp3) is 0.176. The van der Waals surface area contributed by atoms with Gasteiger partial charge in [0, 0.05) is 5.56 Å². The number of rotatable bonds is 7. The summed E-state index contributed by atoms with van der Waals surface area (Å²) in [5.41, 5.74) is 4.14. The van der Waals surface area contributed by atoms with Gasteiger partial charge in [-0.25, -0.2) is 4.79 Å². The van der Waals surface area contributed by atoms with Gasteiger partial charge in [0.15, 0.2) is 11.5 Å². The van der Waals surface area contributed by atoms with Crippen molar-refractivity contribution in [1.82, 2.24) is 0 Å². The van der Waals surface area contributed by atoms with E-state index in [-0.39, 0.29) is 17.1 Å². The molecule has 0 amide bonds. The van der Waals surface area contributed by atoms with Crippen molar-refractivity contribution in [2.75, 3.05) is 12.5 Å². The summed E-state index contributed by atoms with van der Waals surface area (Å²) < 4.78 is 34.1. The zero-order valence-corrected chi connectivity index (χ0v) is 14.6. The predicted octanol–water partition coefficient (Wildman–Crippen LogP) is 4.48. The normalized spacial score (nSPS) is 11.4. The van der Waals surface area contributed by atoms with Crippen LogP contribution in [-0.4, -0.2) is 30.5 Å². The van der Waals surface area contributed by atoms with Gasteiger partial charge in [-0.3, -0.25) is 5.43 Å². The van der Waals surface area contributed by atoms with Gasteiger partial charge in [0.05, 0.1) is 29.1 Å². The molecule has 0 aromatic heterocycles. The number of carboxylic acids is 1. The van der Waals surface area contributed by atoms with Gasteiger partial charge >= 0.3 is 12.6 Å². The fourth-order valence-electron chi connectivity index (χ4n) is 2.04. The standard InChI is InChI=1S/C17H15ClF2N2O4/c1-9(10-4-6-14(26-17(19)20)15(8-10)25-2)21-22-13-7-11(16(23)24)3-5-12(13)18/h3-8,17,22H,1-2H3,(H,23,24)/b21-9-. The lowest BCUT2D eigenvalue weighted by Crippen LogP contribution is -2.05. The summed E-state index contributed by atoms with van der Waals surface area (Å²) in [4.78, 5) is 11.0. The number of halogens is 3. The van der Waals surface area contributed by atoms with Crippen LogP contribution in [-0.2, 0) is 0 Å². The molecule has 26 heavy (non-hydrogen) atoms. The molecule has 2 aromatic carbocycles. The summed E-state index contributed by atoms with van der Waals surface area (Å²) in [6.45, 7) is -1.29. The number of hydrazone groups is 1. The van der Waals surface area contributed by atoms with Crippen LogP contribution in [0.5, 0.6) is 11.5 Å². The van der Waals surface area contributed by atoms with Gasteiger partial charge in [0.1, 0.15) is 0 Å². The molecule has 0 radical (unpaired) electrons. The maximum Gasteiger partial charge on any atom is 0.387 e. The van der Waals surface area contributed by atoms with Crippen molar-refractivity contribution < 1.29 is 28.2 Å². The monoisotopic (exact) mass is 384 g/mol. The Bertz CT molecular complexity index is 844. The summed E-state index contributed by atoms with van der Waals surface area (Å²) in [6.07, 6.45) is 0. The number of aromatic carboxylic acids is 1. The maximum absolute atomic E-state index is 12.4. The van der Waals surface area contributed by atoms with Crippen LogP contribution in [0.25, 0.3) is 0 Å². The Morgan fingerprint density at radius 2 is 1.88 bits per heavy atom. The number of alkyl halides is 2. The van der Waals surface area contributed by atoms with E-state index in [1.165, 1.54) is 43.5 Å².